The highest BCUT2D eigenvalue weighted by Crippen LogP contribution is 2.42. The van der Waals surface area contributed by atoms with Crippen molar-refractivity contribution in [3.05, 3.63) is 35.6 Å². The van der Waals surface area contributed by atoms with E-state index in [1.165, 1.54) is 12.1 Å². The van der Waals surface area contributed by atoms with Gasteiger partial charge in [0.15, 0.2) is 0 Å². The van der Waals surface area contributed by atoms with Gasteiger partial charge in [0.1, 0.15) is 5.82 Å². The first-order valence-electron chi connectivity index (χ1n) is 10.5. The van der Waals surface area contributed by atoms with Gasteiger partial charge in [0, 0.05) is 38.0 Å². The Balaban J connectivity index is 1.57. The van der Waals surface area contributed by atoms with Crippen LogP contribution in [-0.2, 0) is 20.8 Å². The smallest absolute Gasteiger partial charge is 0.303 e. The number of benzene rings is 1. The van der Waals surface area contributed by atoms with E-state index < -0.39 is 5.97 Å². The van der Waals surface area contributed by atoms with Crippen LogP contribution in [0, 0.1) is 17.7 Å². The number of rotatable bonds is 5. The molecule has 3 aliphatic rings. The van der Waals surface area contributed by atoms with Crippen molar-refractivity contribution in [1.29, 1.82) is 0 Å². The molecule has 1 aromatic carbocycles. The Hall–Kier alpha value is -2.44. The number of carboxylic acids is 1. The van der Waals surface area contributed by atoms with Gasteiger partial charge in [-0.25, -0.2) is 4.39 Å². The molecule has 2 amide bonds. The third kappa shape index (κ3) is 4.14. The highest BCUT2D eigenvalue weighted by atomic mass is 19.1. The molecule has 0 radical (unpaired) electrons. The average molecular weight is 402 g/mol. The van der Waals surface area contributed by atoms with E-state index in [1.54, 1.807) is 11.0 Å². The maximum Gasteiger partial charge on any atom is 0.303 e. The molecule has 4 atom stereocenters. The maximum absolute atomic E-state index is 13.7. The van der Waals surface area contributed by atoms with Gasteiger partial charge in [-0.05, 0) is 55.2 Å². The maximum atomic E-state index is 13.7. The quantitative estimate of drug-likeness (QED) is 0.821. The lowest BCUT2D eigenvalue weighted by Crippen LogP contribution is -2.66. The Bertz CT molecular complexity index is 814. The van der Waals surface area contributed by atoms with Gasteiger partial charge in [-0.3, -0.25) is 14.4 Å². The van der Waals surface area contributed by atoms with Crippen LogP contribution in [0.5, 0.6) is 0 Å². The fourth-order valence-electron chi connectivity index (χ4n) is 5.52. The fourth-order valence-corrected chi connectivity index (χ4v) is 5.52. The normalized spacial score (nSPS) is 28.8. The van der Waals surface area contributed by atoms with E-state index in [2.05, 4.69) is 0 Å². The zero-order valence-electron chi connectivity index (χ0n) is 16.4. The third-order valence-corrected chi connectivity index (χ3v) is 6.74. The molecule has 0 aromatic heterocycles. The summed E-state index contributed by atoms with van der Waals surface area (Å²) in [4.78, 5) is 40.1. The summed E-state index contributed by atoms with van der Waals surface area (Å²) in [6.07, 6.45) is 3.73. The molecule has 6 nitrogen and oxygen atoms in total. The van der Waals surface area contributed by atoms with E-state index >= 15 is 0 Å². The molecule has 4 rings (SSSR count). The monoisotopic (exact) mass is 402 g/mol. The number of likely N-dealkylation sites (tertiary alicyclic amines) is 1. The van der Waals surface area contributed by atoms with Gasteiger partial charge in [0.05, 0.1) is 6.42 Å². The van der Waals surface area contributed by atoms with Crippen LogP contribution in [0.2, 0.25) is 0 Å². The van der Waals surface area contributed by atoms with E-state index in [4.69, 9.17) is 5.11 Å². The summed E-state index contributed by atoms with van der Waals surface area (Å²) in [6, 6.07) is 6.57. The molecule has 0 unspecified atom stereocenters. The zero-order valence-corrected chi connectivity index (χ0v) is 16.4. The molecule has 0 saturated carbocycles. The molecule has 3 heterocycles. The lowest BCUT2D eigenvalue weighted by Gasteiger charge is -2.56. The zero-order chi connectivity index (χ0) is 20.5. The van der Waals surface area contributed by atoms with E-state index in [0.29, 0.717) is 25.9 Å². The van der Waals surface area contributed by atoms with Crippen molar-refractivity contribution in [2.75, 3.05) is 13.1 Å². The molecule has 7 heteroatoms. The van der Waals surface area contributed by atoms with Crippen molar-refractivity contribution in [2.24, 2.45) is 11.8 Å². The Labute approximate surface area is 169 Å². The standard InChI is InChI=1S/C22H27FN2O4/c23-17-4-1-3-14(9-17)10-19-16-11-15(18-5-2-6-21(27)25(18)19)12-24(13-16)20(26)7-8-22(28)29/h1,3-4,9,15-16,18-19H,2,5-8,10-13H2,(H,28,29)/t15-,16+,18+,19+/m1/s1. The summed E-state index contributed by atoms with van der Waals surface area (Å²) in [7, 11) is 0. The third-order valence-electron chi connectivity index (χ3n) is 6.74. The predicted molar refractivity (Wildman–Crippen MR) is 103 cm³/mol. The minimum Gasteiger partial charge on any atom is -0.481 e. The Morgan fingerprint density at radius 3 is 2.72 bits per heavy atom. The van der Waals surface area contributed by atoms with Crippen LogP contribution in [0.3, 0.4) is 0 Å². The van der Waals surface area contributed by atoms with Crippen molar-refractivity contribution in [3.63, 3.8) is 0 Å². The van der Waals surface area contributed by atoms with Crippen LogP contribution in [0.1, 0.15) is 44.1 Å². The first-order chi connectivity index (χ1) is 13.9. The first-order valence-corrected chi connectivity index (χ1v) is 10.5. The second-order valence-electron chi connectivity index (χ2n) is 8.61. The molecule has 3 saturated heterocycles. The molecule has 0 aliphatic carbocycles. The number of fused-ring (bicyclic) bond motifs is 4. The minimum absolute atomic E-state index is 0.0106. The molecule has 1 N–H and O–H groups in total. The van der Waals surface area contributed by atoms with Gasteiger partial charge in [-0.15, -0.1) is 0 Å². The van der Waals surface area contributed by atoms with E-state index in [-0.39, 0.29) is 54.4 Å². The van der Waals surface area contributed by atoms with Crippen LogP contribution in [0.4, 0.5) is 4.39 Å². The molecular weight excluding hydrogens is 375 g/mol. The molecule has 2 bridgehead atoms. The van der Waals surface area contributed by atoms with E-state index in [0.717, 1.165) is 24.8 Å². The molecule has 29 heavy (non-hydrogen) atoms. The minimum atomic E-state index is -0.969. The number of hydrogen-bond acceptors (Lipinski definition) is 3. The predicted octanol–water partition coefficient (Wildman–Crippen LogP) is 2.46. The number of nitrogens with zero attached hydrogens (tertiary/aromatic N) is 2. The van der Waals surface area contributed by atoms with Gasteiger partial charge in [-0.2, -0.15) is 0 Å². The fraction of sp³-hybridized carbons (Fsp3) is 0.591. The SMILES string of the molecule is O=C(O)CCC(=O)N1C[C@H]2C[C@@H](C1)[C@H](Cc1cccc(F)c1)N1C(=O)CCC[C@@H]21. The van der Waals surface area contributed by atoms with Gasteiger partial charge < -0.3 is 14.9 Å². The topological polar surface area (TPSA) is 77.9 Å². The number of halogens is 1. The molecule has 0 spiro atoms. The largest absolute Gasteiger partial charge is 0.481 e. The number of carboxylic acid groups (broad SMARTS) is 1. The number of hydrogen-bond donors (Lipinski definition) is 1. The average Bonchev–Trinajstić information content (AvgIpc) is 2.69. The van der Waals surface area contributed by atoms with Crippen molar-refractivity contribution in [1.82, 2.24) is 9.80 Å². The number of piperidine rings is 3. The van der Waals surface area contributed by atoms with Crippen molar-refractivity contribution in [2.45, 2.75) is 57.0 Å². The summed E-state index contributed by atoms with van der Waals surface area (Å²) >= 11 is 0. The van der Waals surface area contributed by atoms with Crippen molar-refractivity contribution < 1.29 is 23.9 Å². The van der Waals surface area contributed by atoms with Crippen LogP contribution in [-0.4, -0.2) is 57.9 Å². The summed E-state index contributed by atoms with van der Waals surface area (Å²) in [6.45, 7) is 1.13. The number of amides is 2. The lowest BCUT2D eigenvalue weighted by atomic mass is 9.70. The first kappa shape index (κ1) is 19.9. The van der Waals surface area contributed by atoms with E-state index in [9.17, 15) is 18.8 Å². The molecule has 1 aromatic rings. The summed E-state index contributed by atoms with van der Waals surface area (Å²) in [5.74, 6) is -0.847. The molecule has 156 valence electrons. The summed E-state index contributed by atoms with van der Waals surface area (Å²) in [5, 5.41) is 8.89. The van der Waals surface area contributed by atoms with Crippen LogP contribution in [0.15, 0.2) is 24.3 Å². The number of carbonyl (C=O) groups excluding carboxylic acids is 2. The lowest BCUT2D eigenvalue weighted by molar-refractivity contribution is -0.156. The van der Waals surface area contributed by atoms with Crippen LogP contribution >= 0.6 is 0 Å². The highest BCUT2D eigenvalue weighted by molar-refractivity contribution is 5.81. The Morgan fingerprint density at radius 2 is 1.97 bits per heavy atom. The van der Waals surface area contributed by atoms with Gasteiger partial charge in [0.25, 0.3) is 0 Å². The second kappa shape index (κ2) is 8.13. The molecule has 3 fully saturated rings. The number of aliphatic carboxylic acids is 1. The molecular formula is C22H27FN2O4. The highest BCUT2D eigenvalue weighted by Gasteiger charge is 2.49. The van der Waals surface area contributed by atoms with Crippen molar-refractivity contribution >= 4 is 17.8 Å². The van der Waals surface area contributed by atoms with Crippen molar-refractivity contribution in [3.8, 4) is 0 Å². The van der Waals surface area contributed by atoms with E-state index in [1.807, 2.05) is 11.0 Å². The van der Waals surface area contributed by atoms with Gasteiger partial charge in [-0.1, -0.05) is 12.1 Å². The Morgan fingerprint density at radius 1 is 1.17 bits per heavy atom. The van der Waals surface area contributed by atoms with Crippen LogP contribution < -0.4 is 0 Å². The van der Waals surface area contributed by atoms with Gasteiger partial charge >= 0.3 is 5.97 Å². The number of carbonyl (C=O) groups is 3. The Kier molecular flexibility index (Phi) is 5.56. The summed E-state index contributed by atoms with van der Waals surface area (Å²) in [5.41, 5.74) is 0.861. The second-order valence-corrected chi connectivity index (χ2v) is 8.61. The molecule has 3 aliphatic heterocycles. The van der Waals surface area contributed by atoms with Gasteiger partial charge in [0.2, 0.25) is 11.8 Å². The van der Waals surface area contributed by atoms with Crippen LogP contribution in [0.25, 0.3) is 0 Å². The summed E-state index contributed by atoms with van der Waals surface area (Å²) < 4.78 is 13.7.